The molecule has 2 saturated carbocycles. The minimum Gasteiger partial charge on any atom is -0.382 e. The number of hydrogen-bond acceptors (Lipinski definition) is 3. The van der Waals surface area contributed by atoms with Gasteiger partial charge in [0.1, 0.15) is 17.8 Å². The van der Waals surface area contributed by atoms with E-state index in [1.165, 1.54) is 12.1 Å². The number of nitrogens with one attached hydrogen (secondary N) is 3. The highest BCUT2D eigenvalue weighted by Crippen LogP contribution is 2.27. The number of hydrogen-bond donors (Lipinski definition) is 3. The maximum atomic E-state index is 13.6. The molecule has 136 valence electrons. The van der Waals surface area contributed by atoms with Crippen LogP contribution in [-0.4, -0.2) is 30.5 Å². The second-order valence-electron chi connectivity index (χ2n) is 7.04. The van der Waals surface area contributed by atoms with E-state index in [0.717, 1.165) is 25.3 Å². The molecule has 6 heteroatoms. The zero-order valence-electron chi connectivity index (χ0n) is 14.3. The first-order chi connectivity index (χ1) is 11.9. The molecule has 2 unspecified atom stereocenters. The number of rotatable bonds is 7. The Kier molecular flexibility index (Phi) is 5.47. The lowest BCUT2D eigenvalue weighted by atomic mass is 10.0. The van der Waals surface area contributed by atoms with Crippen LogP contribution in [0.4, 0.5) is 13.2 Å². The van der Waals surface area contributed by atoms with Gasteiger partial charge in [0, 0.05) is 36.0 Å². The summed E-state index contributed by atoms with van der Waals surface area (Å²) in [6.45, 7) is 2.10. The third-order valence-electron chi connectivity index (χ3n) is 4.84. The first kappa shape index (κ1) is 18.0. The van der Waals surface area contributed by atoms with Crippen LogP contribution in [-0.2, 0) is 0 Å². The summed E-state index contributed by atoms with van der Waals surface area (Å²) in [5.41, 5.74) is 2.01. The summed E-state index contributed by atoms with van der Waals surface area (Å²) in [4.78, 5) is 0. The molecule has 3 N–H and O–H groups in total. The smallest absolute Gasteiger partial charge is 0.126 e. The Labute approximate surface area is 146 Å². The van der Waals surface area contributed by atoms with Crippen LogP contribution < -0.4 is 10.6 Å². The van der Waals surface area contributed by atoms with Gasteiger partial charge in [-0.05, 0) is 56.7 Å². The van der Waals surface area contributed by atoms with E-state index in [4.69, 9.17) is 5.41 Å². The minimum atomic E-state index is -0.759. The zero-order chi connectivity index (χ0) is 18.0. The summed E-state index contributed by atoms with van der Waals surface area (Å²) in [5.74, 6) is -1.27. The minimum absolute atomic E-state index is 0.0922. The number of halogens is 3. The van der Waals surface area contributed by atoms with Crippen molar-refractivity contribution in [1.82, 2.24) is 10.6 Å². The molecule has 0 amide bonds. The Morgan fingerprint density at radius 3 is 2.28 bits per heavy atom. The fourth-order valence-electron chi connectivity index (χ4n) is 3.18. The van der Waals surface area contributed by atoms with Crippen LogP contribution in [0.1, 0.15) is 44.6 Å². The monoisotopic (exact) mass is 351 g/mol. The van der Waals surface area contributed by atoms with Crippen LogP contribution in [0, 0.1) is 17.0 Å². The lowest BCUT2D eigenvalue weighted by Crippen LogP contribution is -2.33. The molecule has 0 bridgehead atoms. The van der Waals surface area contributed by atoms with Crippen molar-refractivity contribution in [3.63, 3.8) is 0 Å². The van der Waals surface area contributed by atoms with E-state index in [-0.39, 0.29) is 6.04 Å². The van der Waals surface area contributed by atoms with E-state index in [0.29, 0.717) is 48.0 Å². The van der Waals surface area contributed by atoms with Gasteiger partial charge in [-0.25, -0.2) is 13.2 Å². The van der Waals surface area contributed by atoms with Crippen molar-refractivity contribution in [2.75, 3.05) is 6.54 Å². The van der Waals surface area contributed by atoms with Gasteiger partial charge in [-0.1, -0.05) is 0 Å². The second kappa shape index (κ2) is 7.60. The molecule has 2 aliphatic rings. The molecule has 0 aliphatic heterocycles. The molecule has 2 aliphatic carbocycles. The van der Waals surface area contributed by atoms with Gasteiger partial charge in [0.2, 0.25) is 0 Å². The molecule has 0 aromatic heterocycles. The molecule has 25 heavy (non-hydrogen) atoms. The third-order valence-corrected chi connectivity index (χ3v) is 4.84. The van der Waals surface area contributed by atoms with Crippen molar-refractivity contribution in [1.29, 1.82) is 5.41 Å². The molecule has 3 nitrogen and oxygen atoms in total. The Balaban J connectivity index is 1.76. The average molecular weight is 351 g/mol. The molecule has 3 rings (SSSR count). The van der Waals surface area contributed by atoms with E-state index < -0.39 is 17.8 Å². The van der Waals surface area contributed by atoms with Gasteiger partial charge in [0.05, 0.1) is 5.71 Å². The highest BCUT2D eigenvalue weighted by Gasteiger charge is 2.26. The van der Waals surface area contributed by atoms with E-state index in [1.54, 1.807) is 6.92 Å². The summed E-state index contributed by atoms with van der Waals surface area (Å²) in [5, 5.41) is 14.8. The topological polar surface area (TPSA) is 47.9 Å². The average Bonchev–Trinajstić information content (AvgIpc) is 3.28. The van der Waals surface area contributed by atoms with Gasteiger partial charge >= 0.3 is 0 Å². The van der Waals surface area contributed by atoms with Crippen molar-refractivity contribution < 1.29 is 13.2 Å². The van der Waals surface area contributed by atoms with Crippen molar-refractivity contribution in [2.45, 2.75) is 57.3 Å². The summed E-state index contributed by atoms with van der Waals surface area (Å²) in [6, 6.07) is 3.79. The molecule has 0 spiro atoms. The molecular formula is C19H24F3N3. The Hall–Kier alpha value is -1.82. The molecule has 0 saturated heterocycles. The van der Waals surface area contributed by atoms with Crippen LogP contribution in [0.2, 0.25) is 0 Å². The number of benzene rings is 1. The molecule has 0 heterocycles. The van der Waals surface area contributed by atoms with Gasteiger partial charge in [-0.3, -0.25) is 0 Å². The summed E-state index contributed by atoms with van der Waals surface area (Å²) in [7, 11) is 0. The van der Waals surface area contributed by atoms with Gasteiger partial charge < -0.3 is 16.0 Å². The quantitative estimate of drug-likeness (QED) is 0.652. The zero-order valence-corrected chi connectivity index (χ0v) is 14.3. The molecule has 2 fully saturated rings. The lowest BCUT2D eigenvalue weighted by molar-refractivity contribution is 0.335. The van der Waals surface area contributed by atoms with Crippen molar-refractivity contribution in [3.8, 4) is 0 Å². The maximum Gasteiger partial charge on any atom is 0.126 e. The summed E-state index contributed by atoms with van der Waals surface area (Å²) in [6.07, 6.45) is 3.10. The number of alkyl halides is 1. The lowest BCUT2D eigenvalue weighted by Gasteiger charge is -2.18. The van der Waals surface area contributed by atoms with Crippen molar-refractivity contribution >= 4 is 11.4 Å². The Bertz CT molecular complexity index is 662. The molecule has 1 aromatic rings. The van der Waals surface area contributed by atoms with E-state index in [1.807, 2.05) is 0 Å². The third kappa shape index (κ3) is 4.84. The molecular weight excluding hydrogens is 327 g/mol. The SMILES string of the molecule is C/C(C(=N)CNC1CCC(F)C1)=C(/NC1CC1)c1cc(F)cc(F)c1. The van der Waals surface area contributed by atoms with Gasteiger partial charge in [0.25, 0.3) is 0 Å². The fourth-order valence-corrected chi connectivity index (χ4v) is 3.18. The van der Waals surface area contributed by atoms with Crippen LogP contribution in [0.15, 0.2) is 23.8 Å². The first-order valence-corrected chi connectivity index (χ1v) is 8.81. The van der Waals surface area contributed by atoms with Gasteiger partial charge in [-0.2, -0.15) is 0 Å². The summed E-state index contributed by atoms with van der Waals surface area (Å²) < 4.78 is 40.5. The highest BCUT2D eigenvalue weighted by atomic mass is 19.1. The van der Waals surface area contributed by atoms with Crippen LogP contribution >= 0.6 is 0 Å². The Morgan fingerprint density at radius 2 is 1.72 bits per heavy atom. The van der Waals surface area contributed by atoms with Crippen LogP contribution in [0.25, 0.3) is 5.70 Å². The van der Waals surface area contributed by atoms with Crippen LogP contribution in [0.3, 0.4) is 0 Å². The van der Waals surface area contributed by atoms with Crippen LogP contribution in [0.5, 0.6) is 0 Å². The van der Waals surface area contributed by atoms with Crippen molar-refractivity contribution in [3.05, 3.63) is 41.0 Å². The molecule has 1 aromatic carbocycles. The highest BCUT2D eigenvalue weighted by molar-refractivity contribution is 6.04. The van der Waals surface area contributed by atoms with Gasteiger partial charge in [-0.15, -0.1) is 0 Å². The Morgan fingerprint density at radius 1 is 1.08 bits per heavy atom. The molecule has 2 atom stereocenters. The van der Waals surface area contributed by atoms with E-state index in [9.17, 15) is 13.2 Å². The van der Waals surface area contributed by atoms with E-state index >= 15 is 0 Å². The fraction of sp³-hybridized carbons (Fsp3) is 0.526. The predicted octanol–water partition coefficient (Wildman–Crippen LogP) is 3.95. The first-order valence-electron chi connectivity index (χ1n) is 8.81. The van der Waals surface area contributed by atoms with Crippen molar-refractivity contribution in [2.24, 2.45) is 0 Å². The standard InChI is InChI=1S/C19H24F3N3/c1-11(18(23)10-24-17-3-2-13(20)9-17)19(25-16-4-5-16)12-6-14(21)8-15(22)7-12/h6-8,13,16-17,23-25H,2-5,9-10H2,1H3/b19-11-,23-18?. The predicted molar refractivity (Wildman–Crippen MR) is 93.4 cm³/mol. The van der Waals surface area contributed by atoms with E-state index in [2.05, 4.69) is 10.6 Å². The second-order valence-corrected chi connectivity index (χ2v) is 7.04. The summed E-state index contributed by atoms with van der Waals surface area (Å²) >= 11 is 0. The normalized spacial score (nSPS) is 24.2. The van der Waals surface area contributed by atoms with Gasteiger partial charge in [0.15, 0.2) is 0 Å². The maximum absolute atomic E-state index is 13.6. The molecule has 0 radical (unpaired) electrons. The largest absolute Gasteiger partial charge is 0.382 e.